The van der Waals surface area contributed by atoms with Crippen molar-refractivity contribution in [3.63, 3.8) is 0 Å². The third-order valence-corrected chi connectivity index (χ3v) is 7.75. The van der Waals surface area contributed by atoms with E-state index in [0.29, 0.717) is 23.6 Å². The van der Waals surface area contributed by atoms with Crippen molar-refractivity contribution < 1.29 is 9.53 Å². The van der Waals surface area contributed by atoms with Crippen molar-refractivity contribution >= 4 is 40.4 Å². The minimum absolute atomic E-state index is 0.0580. The van der Waals surface area contributed by atoms with E-state index in [9.17, 15) is 4.79 Å². The van der Waals surface area contributed by atoms with Gasteiger partial charge in [-0.25, -0.2) is 9.97 Å². The normalized spacial score (nSPS) is 16.6. The molecule has 0 aliphatic carbocycles. The van der Waals surface area contributed by atoms with Gasteiger partial charge in [-0.3, -0.25) is 9.69 Å². The molecule has 2 aromatic carbocycles. The molecule has 0 spiro atoms. The third-order valence-electron chi connectivity index (χ3n) is 7.45. The number of hydrogen-bond donors (Lipinski definition) is 3. The fraction of sp³-hybridized carbons (Fsp3) is 0.414. The van der Waals surface area contributed by atoms with Crippen LogP contribution in [-0.2, 0) is 4.74 Å². The number of nitrogens with one attached hydrogen (secondary N) is 2. The molecular weight excluding hydrogens is 528 g/mol. The SMILES string of the molecule is CN1CCN(c2ccc(-c3ccc(C(=O)NCCCN4CCOCC4)cc3)cc2Nc2ncnc(Cl)c2N)CC1. The van der Waals surface area contributed by atoms with Gasteiger partial charge in [-0.1, -0.05) is 29.8 Å². The Morgan fingerprint density at radius 3 is 2.48 bits per heavy atom. The monoisotopic (exact) mass is 564 g/mol. The number of carbonyl (C=O) groups is 1. The number of morpholine rings is 1. The summed E-state index contributed by atoms with van der Waals surface area (Å²) in [6, 6.07) is 14.0. The van der Waals surface area contributed by atoms with Gasteiger partial charge in [-0.05, 0) is 55.4 Å². The van der Waals surface area contributed by atoms with E-state index in [4.69, 9.17) is 22.1 Å². The van der Waals surface area contributed by atoms with Crippen molar-refractivity contribution in [1.82, 2.24) is 25.1 Å². The molecule has 3 aromatic rings. The van der Waals surface area contributed by atoms with Crippen molar-refractivity contribution in [1.29, 1.82) is 0 Å². The van der Waals surface area contributed by atoms with Crippen LogP contribution in [0.2, 0.25) is 5.15 Å². The number of ether oxygens (including phenoxy) is 1. The zero-order chi connectivity index (χ0) is 27.9. The van der Waals surface area contributed by atoms with Crippen LogP contribution in [0.25, 0.3) is 11.1 Å². The Kier molecular flexibility index (Phi) is 9.33. The predicted molar refractivity (Wildman–Crippen MR) is 161 cm³/mol. The fourth-order valence-corrected chi connectivity index (χ4v) is 5.12. The minimum Gasteiger partial charge on any atom is -0.393 e. The number of piperazine rings is 1. The molecule has 0 atom stereocenters. The summed E-state index contributed by atoms with van der Waals surface area (Å²) in [4.78, 5) is 28.0. The van der Waals surface area contributed by atoms with Gasteiger partial charge >= 0.3 is 0 Å². The molecule has 0 saturated carbocycles. The minimum atomic E-state index is -0.0580. The van der Waals surface area contributed by atoms with E-state index in [1.165, 1.54) is 6.33 Å². The van der Waals surface area contributed by atoms with Crippen LogP contribution in [0.5, 0.6) is 0 Å². The third kappa shape index (κ3) is 7.00. The zero-order valence-electron chi connectivity index (χ0n) is 22.9. The Hall–Kier alpha value is -3.44. The van der Waals surface area contributed by atoms with Crippen LogP contribution in [0.1, 0.15) is 16.8 Å². The molecular formula is C29H37ClN8O2. The molecule has 5 rings (SSSR count). The van der Waals surface area contributed by atoms with Gasteiger partial charge in [0.15, 0.2) is 11.0 Å². The maximum absolute atomic E-state index is 12.7. The van der Waals surface area contributed by atoms with Crippen LogP contribution >= 0.6 is 11.6 Å². The Bertz CT molecular complexity index is 1290. The van der Waals surface area contributed by atoms with Gasteiger partial charge in [0.2, 0.25) is 0 Å². The number of carbonyl (C=O) groups excluding carboxylic acids is 1. The van der Waals surface area contributed by atoms with Gasteiger partial charge in [0.1, 0.15) is 12.0 Å². The summed E-state index contributed by atoms with van der Waals surface area (Å²) in [5.74, 6) is 0.408. The van der Waals surface area contributed by atoms with Gasteiger partial charge in [-0.2, -0.15) is 0 Å². The van der Waals surface area contributed by atoms with Gasteiger partial charge < -0.3 is 30.9 Å². The van der Waals surface area contributed by atoms with Crippen molar-refractivity contribution in [2.75, 3.05) is 88.6 Å². The summed E-state index contributed by atoms with van der Waals surface area (Å²) >= 11 is 6.16. The molecule has 2 fully saturated rings. The largest absolute Gasteiger partial charge is 0.393 e. The highest BCUT2D eigenvalue weighted by Crippen LogP contribution is 2.36. The first-order valence-corrected chi connectivity index (χ1v) is 14.1. The summed E-state index contributed by atoms with van der Waals surface area (Å²) in [5.41, 5.74) is 11.1. The maximum atomic E-state index is 12.7. The van der Waals surface area contributed by atoms with Crippen molar-refractivity contribution in [3.05, 3.63) is 59.5 Å². The lowest BCUT2D eigenvalue weighted by molar-refractivity contribution is 0.0374. The highest BCUT2D eigenvalue weighted by atomic mass is 35.5. The lowest BCUT2D eigenvalue weighted by atomic mass is 10.0. The molecule has 2 saturated heterocycles. The van der Waals surface area contributed by atoms with E-state index >= 15 is 0 Å². The van der Waals surface area contributed by atoms with Gasteiger partial charge in [0.25, 0.3) is 5.91 Å². The molecule has 0 radical (unpaired) electrons. The van der Waals surface area contributed by atoms with Gasteiger partial charge in [-0.15, -0.1) is 0 Å². The van der Waals surface area contributed by atoms with Crippen molar-refractivity contribution in [2.24, 2.45) is 0 Å². The number of nitrogens with zero attached hydrogens (tertiary/aromatic N) is 5. The number of hydrogen-bond acceptors (Lipinski definition) is 9. The van der Waals surface area contributed by atoms with Crippen LogP contribution in [0, 0.1) is 0 Å². The number of aromatic nitrogens is 2. The van der Waals surface area contributed by atoms with Crippen LogP contribution in [0.4, 0.5) is 22.9 Å². The van der Waals surface area contributed by atoms with Crippen LogP contribution in [-0.4, -0.2) is 98.3 Å². The molecule has 10 nitrogen and oxygen atoms in total. The van der Waals surface area contributed by atoms with E-state index in [1.807, 2.05) is 24.3 Å². The number of likely N-dealkylation sites (N-methyl/N-ethyl adjacent to an activating group) is 1. The molecule has 11 heteroatoms. The lowest BCUT2D eigenvalue weighted by Gasteiger charge is -2.35. The highest BCUT2D eigenvalue weighted by molar-refractivity contribution is 6.32. The molecule has 0 unspecified atom stereocenters. The summed E-state index contributed by atoms with van der Waals surface area (Å²) in [6.45, 7) is 8.93. The Morgan fingerprint density at radius 2 is 1.73 bits per heavy atom. The first-order chi connectivity index (χ1) is 19.5. The number of nitrogens with two attached hydrogens (primary N) is 1. The molecule has 1 aromatic heterocycles. The van der Waals surface area contributed by atoms with E-state index in [-0.39, 0.29) is 11.1 Å². The average molecular weight is 565 g/mol. The standard InChI is InChI=1S/C29H37ClN8O2/c1-36-11-13-38(14-12-36)25-8-7-23(19-24(25)35-28-26(31)27(30)33-20-34-28)21-3-5-22(6-4-21)29(39)32-9-2-10-37-15-17-40-18-16-37/h3-8,19-20H,2,9-18,31H2,1H3,(H,32,39)(H,33,34,35). The van der Waals surface area contributed by atoms with E-state index in [0.717, 1.165) is 87.9 Å². The fourth-order valence-electron chi connectivity index (χ4n) is 4.99. The highest BCUT2D eigenvalue weighted by Gasteiger charge is 2.19. The summed E-state index contributed by atoms with van der Waals surface area (Å²) in [6.07, 6.45) is 2.31. The zero-order valence-corrected chi connectivity index (χ0v) is 23.7. The van der Waals surface area contributed by atoms with Crippen molar-refractivity contribution in [3.8, 4) is 11.1 Å². The average Bonchev–Trinajstić information content (AvgIpc) is 2.99. The first-order valence-electron chi connectivity index (χ1n) is 13.8. The number of rotatable bonds is 9. The van der Waals surface area contributed by atoms with Crippen LogP contribution in [0.3, 0.4) is 0 Å². The summed E-state index contributed by atoms with van der Waals surface area (Å²) < 4.78 is 5.39. The van der Waals surface area contributed by atoms with E-state index in [2.05, 4.69) is 60.5 Å². The number of anilines is 4. The second-order valence-electron chi connectivity index (χ2n) is 10.2. The lowest BCUT2D eigenvalue weighted by Crippen LogP contribution is -2.44. The van der Waals surface area contributed by atoms with Gasteiger partial charge in [0, 0.05) is 51.4 Å². The first kappa shape index (κ1) is 28.1. The molecule has 3 heterocycles. The summed E-state index contributed by atoms with van der Waals surface area (Å²) in [7, 11) is 2.14. The molecule has 2 aliphatic heterocycles. The molecule has 212 valence electrons. The second-order valence-corrected chi connectivity index (χ2v) is 10.6. The van der Waals surface area contributed by atoms with Crippen LogP contribution in [0.15, 0.2) is 48.8 Å². The van der Waals surface area contributed by atoms with Crippen LogP contribution < -0.4 is 21.3 Å². The Labute approximate surface area is 240 Å². The molecule has 40 heavy (non-hydrogen) atoms. The Balaban J connectivity index is 1.29. The molecule has 2 aliphatic rings. The van der Waals surface area contributed by atoms with Gasteiger partial charge in [0.05, 0.1) is 24.6 Å². The maximum Gasteiger partial charge on any atom is 0.251 e. The number of amides is 1. The quantitative estimate of drug-likeness (QED) is 0.266. The number of benzene rings is 2. The van der Waals surface area contributed by atoms with E-state index in [1.54, 1.807) is 0 Å². The molecule has 4 N–H and O–H groups in total. The van der Waals surface area contributed by atoms with Crippen molar-refractivity contribution in [2.45, 2.75) is 6.42 Å². The predicted octanol–water partition coefficient (Wildman–Crippen LogP) is 3.33. The number of halogens is 1. The topological polar surface area (TPSA) is 112 Å². The van der Waals surface area contributed by atoms with E-state index < -0.39 is 0 Å². The number of nitrogen functional groups attached to an aromatic ring is 1. The second kappa shape index (κ2) is 13.3. The Morgan fingerprint density at radius 1 is 1.00 bits per heavy atom. The molecule has 0 bridgehead atoms. The smallest absolute Gasteiger partial charge is 0.251 e. The molecule has 1 amide bonds. The summed E-state index contributed by atoms with van der Waals surface area (Å²) in [5, 5.41) is 6.65.